The molecule has 3 nitrogen and oxygen atoms in total. The number of aryl methyl sites for hydroxylation is 1. The van der Waals surface area contributed by atoms with Gasteiger partial charge in [0.2, 0.25) is 0 Å². The van der Waals surface area contributed by atoms with Crippen molar-refractivity contribution in [1.82, 2.24) is 10.2 Å². The Bertz CT molecular complexity index is 416. The van der Waals surface area contributed by atoms with Crippen LogP contribution in [0.1, 0.15) is 11.3 Å². The van der Waals surface area contributed by atoms with Crippen LogP contribution >= 0.6 is 11.3 Å². The lowest BCUT2D eigenvalue weighted by molar-refractivity contribution is 0.975. The number of H-pyrrole nitrogens is 1. The fourth-order valence-corrected chi connectivity index (χ4v) is 2.53. The van der Waals surface area contributed by atoms with Crippen molar-refractivity contribution < 1.29 is 0 Å². The normalized spacial score (nSPS) is 10.7. The van der Waals surface area contributed by atoms with Crippen LogP contribution in [0.15, 0.2) is 17.6 Å². The van der Waals surface area contributed by atoms with Crippen LogP contribution in [0.2, 0.25) is 0 Å². The van der Waals surface area contributed by atoms with Gasteiger partial charge in [-0.1, -0.05) is 0 Å². The highest BCUT2D eigenvalue weighted by Crippen LogP contribution is 2.30. The van der Waals surface area contributed by atoms with Crippen LogP contribution < -0.4 is 5.73 Å². The standard InChI is InChI=1S/C10H13N3S/c1-7-9(6-12-13-7)10-8(2-4-11)3-5-14-10/h3,5-6H,2,4,11H2,1H3,(H,12,13). The zero-order chi connectivity index (χ0) is 9.97. The molecule has 0 saturated heterocycles. The van der Waals surface area contributed by atoms with E-state index in [2.05, 4.69) is 21.6 Å². The molecule has 0 spiro atoms. The lowest BCUT2D eigenvalue weighted by Crippen LogP contribution is -2.02. The zero-order valence-electron chi connectivity index (χ0n) is 8.08. The van der Waals surface area contributed by atoms with Gasteiger partial charge in [-0.15, -0.1) is 11.3 Å². The van der Waals surface area contributed by atoms with E-state index in [0.717, 1.165) is 12.1 Å². The summed E-state index contributed by atoms with van der Waals surface area (Å²) in [5, 5.41) is 9.08. The third kappa shape index (κ3) is 1.58. The number of hydrogen-bond acceptors (Lipinski definition) is 3. The average Bonchev–Trinajstić information content (AvgIpc) is 2.74. The third-order valence-corrected chi connectivity index (χ3v) is 3.22. The molecular weight excluding hydrogens is 194 g/mol. The molecule has 74 valence electrons. The minimum atomic E-state index is 0.695. The summed E-state index contributed by atoms with van der Waals surface area (Å²) in [5.41, 5.74) is 9.20. The van der Waals surface area contributed by atoms with Gasteiger partial charge in [-0.2, -0.15) is 5.10 Å². The summed E-state index contributed by atoms with van der Waals surface area (Å²) in [6.07, 6.45) is 2.81. The molecule has 0 aromatic carbocycles. The Morgan fingerprint density at radius 3 is 3.07 bits per heavy atom. The quantitative estimate of drug-likeness (QED) is 0.808. The van der Waals surface area contributed by atoms with Crippen LogP contribution in [0.3, 0.4) is 0 Å². The molecule has 2 aromatic heterocycles. The summed E-state index contributed by atoms with van der Waals surface area (Å²) in [6.45, 7) is 2.73. The fourth-order valence-electron chi connectivity index (χ4n) is 1.50. The molecule has 0 aliphatic rings. The number of hydrogen-bond donors (Lipinski definition) is 2. The molecule has 2 heterocycles. The minimum absolute atomic E-state index is 0.695. The Morgan fingerprint density at radius 2 is 2.43 bits per heavy atom. The van der Waals surface area contributed by atoms with Gasteiger partial charge in [0.15, 0.2) is 0 Å². The molecule has 0 unspecified atom stereocenters. The molecular formula is C10H13N3S. The van der Waals surface area contributed by atoms with E-state index in [-0.39, 0.29) is 0 Å². The maximum Gasteiger partial charge on any atom is 0.0576 e. The lowest BCUT2D eigenvalue weighted by Gasteiger charge is -2.00. The van der Waals surface area contributed by atoms with Crippen LogP contribution in [-0.2, 0) is 6.42 Å². The SMILES string of the molecule is Cc1[nH]ncc1-c1sccc1CCN. The minimum Gasteiger partial charge on any atom is -0.330 e. The Balaban J connectivity index is 2.41. The first-order chi connectivity index (χ1) is 6.83. The number of aromatic nitrogens is 2. The first-order valence-corrected chi connectivity index (χ1v) is 5.47. The maximum atomic E-state index is 5.56. The van der Waals surface area contributed by atoms with E-state index in [1.54, 1.807) is 11.3 Å². The molecule has 0 aliphatic heterocycles. The number of nitrogens with zero attached hydrogens (tertiary/aromatic N) is 1. The van der Waals surface area contributed by atoms with Crippen LogP contribution in [0.25, 0.3) is 10.4 Å². The van der Waals surface area contributed by atoms with Gasteiger partial charge >= 0.3 is 0 Å². The van der Waals surface area contributed by atoms with Gasteiger partial charge in [0, 0.05) is 16.1 Å². The van der Waals surface area contributed by atoms with E-state index in [4.69, 9.17) is 5.73 Å². The Hall–Kier alpha value is -1.13. The second-order valence-electron chi connectivity index (χ2n) is 3.22. The second-order valence-corrected chi connectivity index (χ2v) is 4.14. The molecule has 0 fully saturated rings. The first-order valence-electron chi connectivity index (χ1n) is 4.59. The molecule has 0 saturated carbocycles. The van der Waals surface area contributed by atoms with E-state index in [1.165, 1.54) is 16.0 Å². The first kappa shape index (κ1) is 9.43. The number of aromatic amines is 1. The van der Waals surface area contributed by atoms with Gasteiger partial charge < -0.3 is 5.73 Å². The van der Waals surface area contributed by atoms with Crippen LogP contribution in [0.5, 0.6) is 0 Å². The summed E-state index contributed by atoms with van der Waals surface area (Å²) in [6, 6.07) is 2.14. The largest absolute Gasteiger partial charge is 0.330 e. The highest BCUT2D eigenvalue weighted by atomic mass is 32.1. The maximum absolute atomic E-state index is 5.56. The summed E-state index contributed by atoms with van der Waals surface area (Å²) in [7, 11) is 0. The molecule has 0 bridgehead atoms. The van der Waals surface area contributed by atoms with Gasteiger partial charge in [0.1, 0.15) is 0 Å². The summed E-state index contributed by atoms with van der Waals surface area (Å²) >= 11 is 1.75. The highest BCUT2D eigenvalue weighted by molar-refractivity contribution is 7.13. The number of thiophene rings is 1. The van der Waals surface area contributed by atoms with Crippen molar-refractivity contribution in [2.45, 2.75) is 13.3 Å². The number of rotatable bonds is 3. The molecule has 3 N–H and O–H groups in total. The molecule has 0 atom stereocenters. The van der Waals surface area contributed by atoms with Crippen molar-refractivity contribution in [3.05, 3.63) is 28.9 Å². The van der Waals surface area contributed by atoms with E-state index in [1.807, 2.05) is 13.1 Å². The van der Waals surface area contributed by atoms with Gasteiger partial charge in [-0.05, 0) is 36.9 Å². The van der Waals surface area contributed by atoms with Crippen molar-refractivity contribution in [3.8, 4) is 10.4 Å². The van der Waals surface area contributed by atoms with Gasteiger partial charge in [0.05, 0.1) is 6.20 Å². The van der Waals surface area contributed by atoms with Crippen molar-refractivity contribution in [3.63, 3.8) is 0 Å². The predicted molar refractivity (Wildman–Crippen MR) is 59.4 cm³/mol. The molecule has 2 aromatic rings. The van der Waals surface area contributed by atoms with Crippen LogP contribution in [0.4, 0.5) is 0 Å². The average molecular weight is 207 g/mol. The third-order valence-electron chi connectivity index (χ3n) is 2.23. The number of nitrogens with two attached hydrogens (primary N) is 1. The predicted octanol–water partition coefficient (Wildman–Crippen LogP) is 1.95. The Morgan fingerprint density at radius 1 is 1.57 bits per heavy atom. The molecule has 0 amide bonds. The zero-order valence-corrected chi connectivity index (χ0v) is 8.90. The fraction of sp³-hybridized carbons (Fsp3) is 0.300. The Kier molecular flexibility index (Phi) is 2.65. The summed E-state index contributed by atoms with van der Waals surface area (Å²) < 4.78 is 0. The van der Waals surface area contributed by atoms with Gasteiger partial charge in [-0.3, -0.25) is 5.10 Å². The molecule has 14 heavy (non-hydrogen) atoms. The summed E-state index contributed by atoms with van der Waals surface area (Å²) in [5.74, 6) is 0. The Labute approximate surface area is 87.0 Å². The summed E-state index contributed by atoms with van der Waals surface area (Å²) in [4.78, 5) is 1.29. The van der Waals surface area contributed by atoms with E-state index >= 15 is 0 Å². The van der Waals surface area contributed by atoms with E-state index in [0.29, 0.717) is 6.54 Å². The smallest absolute Gasteiger partial charge is 0.0576 e. The topological polar surface area (TPSA) is 54.7 Å². The second kappa shape index (κ2) is 3.94. The van der Waals surface area contributed by atoms with Crippen LogP contribution in [-0.4, -0.2) is 16.7 Å². The highest BCUT2D eigenvalue weighted by Gasteiger charge is 2.09. The molecule has 4 heteroatoms. The number of nitrogens with one attached hydrogen (secondary N) is 1. The van der Waals surface area contributed by atoms with E-state index in [9.17, 15) is 0 Å². The monoisotopic (exact) mass is 207 g/mol. The van der Waals surface area contributed by atoms with Gasteiger partial charge in [-0.25, -0.2) is 0 Å². The van der Waals surface area contributed by atoms with Crippen molar-refractivity contribution >= 4 is 11.3 Å². The van der Waals surface area contributed by atoms with E-state index < -0.39 is 0 Å². The van der Waals surface area contributed by atoms with Gasteiger partial charge in [0.25, 0.3) is 0 Å². The molecule has 0 radical (unpaired) electrons. The van der Waals surface area contributed by atoms with Crippen molar-refractivity contribution in [1.29, 1.82) is 0 Å². The lowest BCUT2D eigenvalue weighted by atomic mass is 10.1. The van der Waals surface area contributed by atoms with Crippen molar-refractivity contribution in [2.75, 3.05) is 6.54 Å². The van der Waals surface area contributed by atoms with Crippen molar-refractivity contribution in [2.24, 2.45) is 5.73 Å². The molecule has 2 rings (SSSR count). The molecule has 0 aliphatic carbocycles. The van der Waals surface area contributed by atoms with Crippen LogP contribution in [0, 0.1) is 6.92 Å².